The van der Waals surface area contributed by atoms with E-state index < -0.39 is 11.8 Å². The maximum absolute atomic E-state index is 12.0. The number of ether oxygens (including phenoxy) is 1. The molecule has 0 unspecified atom stereocenters. The van der Waals surface area contributed by atoms with E-state index in [1.807, 2.05) is 6.07 Å². The summed E-state index contributed by atoms with van der Waals surface area (Å²) in [5.41, 5.74) is 0.488. The zero-order valence-corrected chi connectivity index (χ0v) is 15.6. The van der Waals surface area contributed by atoms with Crippen molar-refractivity contribution in [3.8, 4) is 5.75 Å². The van der Waals surface area contributed by atoms with Gasteiger partial charge in [0.15, 0.2) is 6.61 Å². The molecule has 6 nitrogen and oxygen atoms in total. The lowest BCUT2D eigenvalue weighted by Crippen LogP contribution is -2.35. The molecule has 0 aliphatic carbocycles. The molecular formula is C19H15Cl2N3O3. The summed E-state index contributed by atoms with van der Waals surface area (Å²) < 4.78 is 5.31. The van der Waals surface area contributed by atoms with E-state index in [4.69, 9.17) is 27.9 Å². The van der Waals surface area contributed by atoms with Crippen LogP contribution in [0.2, 0.25) is 10.0 Å². The van der Waals surface area contributed by atoms with Gasteiger partial charge in [0.05, 0.1) is 22.1 Å². The van der Waals surface area contributed by atoms with Crippen LogP contribution in [0, 0.1) is 0 Å². The number of aromatic nitrogens is 1. The molecule has 0 aliphatic heterocycles. The minimum atomic E-state index is -0.423. The first-order chi connectivity index (χ1) is 13.0. The Balaban J connectivity index is 1.52. The predicted octanol–water partition coefficient (Wildman–Crippen LogP) is 3.68. The Morgan fingerprint density at radius 3 is 2.44 bits per heavy atom. The zero-order chi connectivity index (χ0) is 19.2. The maximum Gasteiger partial charge on any atom is 0.258 e. The molecule has 0 spiro atoms. The Labute approximate surface area is 165 Å². The van der Waals surface area contributed by atoms with Gasteiger partial charge >= 0.3 is 0 Å². The van der Waals surface area contributed by atoms with Crippen molar-refractivity contribution in [1.29, 1.82) is 0 Å². The molecular weight excluding hydrogens is 389 g/mol. The number of hydrogen-bond donors (Lipinski definition) is 2. The molecule has 2 amide bonds. The second-order valence-corrected chi connectivity index (χ2v) is 6.36. The topological polar surface area (TPSA) is 80.3 Å². The number of carbonyl (C=O) groups is 2. The van der Waals surface area contributed by atoms with Crippen LogP contribution in [0.25, 0.3) is 10.9 Å². The number of rotatable bonds is 6. The fraction of sp³-hybridized carbons (Fsp3) is 0.105. The number of nitrogens with one attached hydrogen (secondary N) is 2. The summed E-state index contributed by atoms with van der Waals surface area (Å²) in [7, 11) is 0. The molecule has 0 fully saturated rings. The SMILES string of the molecule is O=C(COc1ccccc1)NCC(=O)Nc1ccc2c(Cl)ccc(Cl)c2n1. The third-order valence-corrected chi connectivity index (χ3v) is 4.22. The highest BCUT2D eigenvalue weighted by molar-refractivity contribution is 6.39. The number of para-hydroxylation sites is 1. The third kappa shape index (κ3) is 5.09. The highest BCUT2D eigenvalue weighted by Crippen LogP contribution is 2.29. The first-order valence-corrected chi connectivity index (χ1v) is 8.77. The summed E-state index contributed by atoms with van der Waals surface area (Å²) in [6.07, 6.45) is 0. The average molecular weight is 404 g/mol. The number of fused-ring (bicyclic) bond motifs is 1. The van der Waals surface area contributed by atoms with E-state index in [9.17, 15) is 9.59 Å². The normalized spacial score (nSPS) is 10.4. The molecule has 3 aromatic rings. The Morgan fingerprint density at radius 2 is 1.67 bits per heavy atom. The number of benzene rings is 2. The molecule has 138 valence electrons. The Morgan fingerprint density at radius 1 is 0.926 bits per heavy atom. The van der Waals surface area contributed by atoms with Crippen LogP contribution < -0.4 is 15.4 Å². The Kier molecular flexibility index (Phi) is 6.11. The molecule has 0 aliphatic rings. The maximum atomic E-state index is 12.0. The van der Waals surface area contributed by atoms with Gasteiger partial charge < -0.3 is 15.4 Å². The van der Waals surface area contributed by atoms with Gasteiger partial charge in [-0.1, -0.05) is 41.4 Å². The second-order valence-electron chi connectivity index (χ2n) is 5.55. The summed E-state index contributed by atoms with van der Waals surface area (Å²) in [4.78, 5) is 28.1. The predicted molar refractivity (Wildman–Crippen MR) is 105 cm³/mol. The smallest absolute Gasteiger partial charge is 0.258 e. The van der Waals surface area contributed by atoms with Crippen molar-refractivity contribution >= 4 is 51.7 Å². The highest BCUT2D eigenvalue weighted by atomic mass is 35.5. The summed E-state index contributed by atoms with van der Waals surface area (Å²) in [5.74, 6) is 0.0582. The fourth-order valence-electron chi connectivity index (χ4n) is 2.30. The lowest BCUT2D eigenvalue weighted by atomic mass is 10.2. The van der Waals surface area contributed by atoms with E-state index >= 15 is 0 Å². The number of carbonyl (C=O) groups excluding carboxylic acids is 2. The van der Waals surface area contributed by atoms with Crippen LogP contribution in [0.4, 0.5) is 5.82 Å². The van der Waals surface area contributed by atoms with Crippen molar-refractivity contribution in [2.24, 2.45) is 0 Å². The standard InChI is InChI=1S/C19H15Cl2N3O3/c20-14-7-8-15(21)19-13(14)6-9-16(24-19)23-17(25)10-22-18(26)11-27-12-4-2-1-3-5-12/h1-9H,10-11H2,(H,22,26)(H,23,24,25). The number of halogens is 2. The van der Waals surface area contributed by atoms with Crippen molar-refractivity contribution in [3.63, 3.8) is 0 Å². The van der Waals surface area contributed by atoms with Gasteiger partial charge in [-0.05, 0) is 36.4 Å². The first-order valence-electron chi connectivity index (χ1n) is 8.02. The summed E-state index contributed by atoms with van der Waals surface area (Å²) in [6.45, 7) is -0.389. The molecule has 0 radical (unpaired) electrons. The van der Waals surface area contributed by atoms with Gasteiger partial charge in [0.2, 0.25) is 5.91 Å². The first kappa shape index (κ1) is 18.9. The van der Waals surface area contributed by atoms with Crippen LogP contribution in [0.5, 0.6) is 5.75 Å². The van der Waals surface area contributed by atoms with Crippen LogP contribution in [-0.4, -0.2) is 29.9 Å². The molecule has 0 saturated carbocycles. The quantitative estimate of drug-likeness (QED) is 0.657. The summed E-state index contributed by atoms with van der Waals surface area (Å²) in [5, 5.41) is 6.72. The molecule has 8 heteroatoms. The van der Waals surface area contributed by atoms with E-state index in [0.29, 0.717) is 32.5 Å². The molecule has 0 atom stereocenters. The highest BCUT2D eigenvalue weighted by Gasteiger charge is 2.10. The van der Waals surface area contributed by atoms with Gasteiger partial charge in [-0.3, -0.25) is 9.59 Å². The van der Waals surface area contributed by atoms with E-state index in [0.717, 1.165) is 0 Å². The molecule has 3 rings (SSSR count). The largest absolute Gasteiger partial charge is 0.484 e. The summed E-state index contributed by atoms with van der Waals surface area (Å²) >= 11 is 12.2. The van der Waals surface area contributed by atoms with E-state index in [2.05, 4.69) is 15.6 Å². The van der Waals surface area contributed by atoms with Crippen molar-refractivity contribution in [1.82, 2.24) is 10.3 Å². The average Bonchev–Trinajstić information content (AvgIpc) is 2.68. The molecule has 2 aromatic carbocycles. The number of hydrogen-bond acceptors (Lipinski definition) is 4. The van der Waals surface area contributed by atoms with Crippen LogP contribution in [-0.2, 0) is 9.59 Å². The van der Waals surface area contributed by atoms with Crippen LogP contribution in [0.15, 0.2) is 54.6 Å². The molecule has 1 aromatic heterocycles. The lowest BCUT2D eigenvalue weighted by molar-refractivity contribution is -0.125. The van der Waals surface area contributed by atoms with Crippen LogP contribution in [0.1, 0.15) is 0 Å². The minimum Gasteiger partial charge on any atom is -0.484 e. The Hall–Kier alpha value is -2.83. The van der Waals surface area contributed by atoms with Gasteiger partial charge in [-0.2, -0.15) is 0 Å². The van der Waals surface area contributed by atoms with Crippen LogP contribution in [0.3, 0.4) is 0 Å². The molecule has 0 bridgehead atoms. The van der Waals surface area contributed by atoms with Gasteiger partial charge in [0.25, 0.3) is 5.91 Å². The van der Waals surface area contributed by atoms with Crippen molar-refractivity contribution in [3.05, 3.63) is 64.6 Å². The third-order valence-electron chi connectivity index (χ3n) is 3.58. The Bertz CT molecular complexity index is 981. The second kappa shape index (κ2) is 8.70. The van der Waals surface area contributed by atoms with Gasteiger partial charge in [0.1, 0.15) is 11.6 Å². The van der Waals surface area contributed by atoms with Crippen molar-refractivity contribution in [2.45, 2.75) is 0 Å². The van der Waals surface area contributed by atoms with E-state index in [1.165, 1.54) is 0 Å². The van der Waals surface area contributed by atoms with E-state index in [-0.39, 0.29) is 13.2 Å². The summed E-state index contributed by atoms with van der Waals surface area (Å²) in [6, 6.07) is 15.6. The van der Waals surface area contributed by atoms with Gasteiger partial charge in [0, 0.05) is 5.39 Å². The molecule has 0 saturated heterocycles. The van der Waals surface area contributed by atoms with Crippen LogP contribution >= 0.6 is 23.2 Å². The minimum absolute atomic E-state index is 0.181. The number of amides is 2. The molecule has 2 N–H and O–H groups in total. The number of pyridine rings is 1. The fourth-order valence-corrected chi connectivity index (χ4v) is 2.72. The molecule has 1 heterocycles. The monoisotopic (exact) mass is 403 g/mol. The number of nitrogens with zero attached hydrogens (tertiary/aromatic N) is 1. The van der Waals surface area contributed by atoms with Crippen molar-refractivity contribution < 1.29 is 14.3 Å². The van der Waals surface area contributed by atoms with E-state index in [1.54, 1.807) is 48.5 Å². The number of anilines is 1. The lowest BCUT2D eigenvalue weighted by Gasteiger charge is -2.09. The van der Waals surface area contributed by atoms with Gasteiger partial charge in [-0.15, -0.1) is 0 Å². The van der Waals surface area contributed by atoms with Crippen molar-refractivity contribution in [2.75, 3.05) is 18.5 Å². The zero-order valence-electron chi connectivity index (χ0n) is 14.0. The molecule has 27 heavy (non-hydrogen) atoms. The van der Waals surface area contributed by atoms with Gasteiger partial charge in [-0.25, -0.2) is 4.98 Å².